The third kappa shape index (κ3) is 5.51. The van der Waals surface area contributed by atoms with Gasteiger partial charge in [-0.3, -0.25) is 4.90 Å². The van der Waals surface area contributed by atoms with Crippen LogP contribution in [0.4, 0.5) is 5.69 Å². The monoisotopic (exact) mass is 582 g/mol. The molecule has 3 aliphatic rings. The van der Waals surface area contributed by atoms with Crippen LogP contribution in [0.2, 0.25) is 5.02 Å². The molecule has 0 bridgehead atoms. The van der Waals surface area contributed by atoms with Gasteiger partial charge in [-0.2, -0.15) is 0 Å². The highest BCUT2D eigenvalue weighted by Crippen LogP contribution is 2.59. The van der Waals surface area contributed by atoms with Crippen LogP contribution in [0.3, 0.4) is 0 Å². The van der Waals surface area contributed by atoms with Crippen LogP contribution >= 0.6 is 11.6 Å². The minimum Gasteiger partial charge on any atom is -0.465 e. The lowest BCUT2D eigenvalue weighted by atomic mass is 9.78. The Hall–Kier alpha value is -3.81. The molecule has 0 amide bonds. The molecular formula is C34H35ClN4O3. The molecule has 3 heterocycles. The summed E-state index contributed by atoms with van der Waals surface area (Å²) in [4.78, 5) is 25.0. The first-order chi connectivity index (χ1) is 20.5. The number of ether oxygens (including phenoxy) is 2. The number of nitrogens with zero attached hydrogens (tertiary/aromatic N) is 3. The van der Waals surface area contributed by atoms with E-state index in [-0.39, 0.29) is 0 Å². The smallest absolute Gasteiger partial charge is 0.341 e. The zero-order valence-electron chi connectivity index (χ0n) is 23.9. The first-order valence-corrected chi connectivity index (χ1v) is 15.1. The maximum Gasteiger partial charge on any atom is 0.341 e. The Kier molecular flexibility index (Phi) is 7.16. The summed E-state index contributed by atoms with van der Waals surface area (Å²) in [6.45, 7) is 4.78. The molecule has 0 radical (unpaired) electrons. The quantitative estimate of drug-likeness (QED) is 0.230. The Labute approximate surface area is 251 Å². The van der Waals surface area contributed by atoms with E-state index >= 15 is 0 Å². The van der Waals surface area contributed by atoms with Crippen LogP contribution in [0.5, 0.6) is 11.5 Å². The van der Waals surface area contributed by atoms with Gasteiger partial charge in [0.2, 0.25) is 0 Å². The summed E-state index contributed by atoms with van der Waals surface area (Å²) in [5.41, 5.74) is 7.24. The third-order valence-electron chi connectivity index (χ3n) is 9.21. The first kappa shape index (κ1) is 27.0. The number of carbonyl (C=O) groups is 1. The lowest BCUT2D eigenvalue weighted by Crippen LogP contribution is -2.47. The lowest BCUT2D eigenvalue weighted by molar-refractivity contribution is 0.0598. The van der Waals surface area contributed by atoms with E-state index in [2.05, 4.69) is 31.9 Å². The Bertz CT molecular complexity index is 1650. The van der Waals surface area contributed by atoms with Crippen LogP contribution in [0.15, 0.2) is 72.6 Å². The van der Waals surface area contributed by atoms with Gasteiger partial charge in [0.15, 0.2) is 0 Å². The fourth-order valence-corrected chi connectivity index (χ4v) is 6.62. The Balaban J connectivity index is 1.07. The fraction of sp³-hybridized carbons (Fsp3) is 0.353. The Morgan fingerprint density at radius 3 is 2.60 bits per heavy atom. The lowest BCUT2D eigenvalue weighted by Gasteiger charge is -2.38. The van der Waals surface area contributed by atoms with E-state index in [1.807, 2.05) is 42.6 Å². The summed E-state index contributed by atoms with van der Waals surface area (Å²) in [7, 11) is 1.39. The van der Waals surface area contributed by atoms with E-state index in [9.17, 15) is 4.79 Å². The number of allylic oxidation sites excluding steroid dienone is 1. The van der Waals surface area contributed by atoms with Gasteiger partial charge in [0.1, 0.15) is 22.7 Å². The van der Waals surface area contributed by atoms with Gasteiger partial charge in [-0.1, -0.05) is 29.3 Å². The van der Waals surface area contributed by atoms with Crippen molar-refractivity contribution >= 4 is 39.9 Å². The molecule has 42 heavy (non-hydrogen) atoms. The van der Waals surface area contributed by atoms with Gasteiger partial charge in [0, 0.05) is 61.1 Å². The molecular weight excluding hydrogens is 548 g/mol. The number of piperazine rings is 1. The van der Waals surface area contributed by atoms with Crippen molar-refractivity contribution in [2.45, 2.75) is 32.1 Å². The van der Waals surface area contributed by atoms with Crippen molar-refractivity contribution in [2.24, 2.45) is 5.41 Å². The zero-order valence-corrected chi connectivity index (χ0v) is 24.6. The van der Waals surface area contributed by atoms with E-state index in [0.29, 0.717) is 22.5 Å². The topological polar surface area (TPSA) is 70.7 Å². The highest BCUT2D eigenvalue weighted by Gasteiger charge is 2.45. The molecule has 7 nitrogen and oxygen atoms in total. The molecule has 0 unspecified atom stereocenters. The molecule has 1 saturated heterocycles. The number of hydrogen-bond acceptors (Lipinski definition) is 6. The maximum absolute atomic E-state index is 12.6. The van der Waals surface area contributed by atoms with Crippen molar-refractivity contribution in [1.29, 1.82) is 0 Å². The Morgan fingerprint density at radius 2 is 1.83 bits per heavy atom. The van der Waals surface area contributed by atoms with Crippen LogP contribution in [-0.2, 0) is 4.74 Å². The van der Waals surface area contributed by atoms with Crippen molar-refractivity contribution < 1.29 is 14.3 Å². The van der Waals surface area contributed by atoms with Crippen LogP contribution in [0.1, 0.15) is 48.0 Å². The normalized spacial score (nSPS) is 18.5. The van der Waals surface area contributed by atoms with Gasteiger partial charge in [-0.25, -0.2) is 9.78 Å². The van der Waals surface area contributed by atoms with Crippen LogP contribution < -0.4 is 9.64 Å². The largest absolute Gasteiger partial charge is 0.465 e. The number of nitrogens with one attached hydrogen (secondary N) is 1. The summed E-state index contributed by atoms with van der Waals surface area (Å²) >= 11 is 6.21. The van der Waals surface area contributed by atoms with Gasteiger partial charge in [0.25, 0.3) is 0 Å². The summed E-state index contributed by atoms with van der Waals surface area (Å²) in [6, 6.07) is 18.0. The molecule has 1 N–H and O–H groups in total. The zero-order chi connectivity index (χ0) is 28.7. The van der Waals surface area contributed by atoms with Crippen LogP contribution in [-0.4, -0.2) is 60.7 Å². The number of benzene rings is 2. The molecule has 7 rings (SSSR count). The number of fused-ring (bicyclic) bond motifs is 1. The second kappa shape index (κ2) is 11.1. The highest BCUT2D eigenvalue weighted by atomic mass is 35.5. The number of rotatable bonds is 7. The van der Waals surface area contributed by atoms with Crippen molar-refractivity contribution in [3.8, 4) is 11.5 Å². The number of aromatic nitrogens is 2. The molecule has 1 saturated carbocycles. The number of H-pyrrole nitrogens is 1. The summed E-state index contributed by atoms with van der Waals surface area (Å²) in [5.74, 6) is 0.606. The predicted octanol–water partition coefficient (Wildman–Crippen LogP) is 7.34. The van der Waals surface area contributed by atoms with E-state index in [0.717, 1.165) is 54.5 Å². The third-order valence-corrected chi connectivity index (χ3v) is 9.46. The van der Waals surface area contributed by atoms with E-state index in [1.54, 1.807) is 23.4 Å². The van der Waals surface area contributed by atoms with Crippen molar-refractivity contribution in [2.75, 3.05) is 44.7 Å². The van der Waals surface area contributed by atoms with Gasteiger partial charge in [-0.05, 0) is 85.1 Å². The van der Waals surface area contributed by atoms with Crippen LogP contribution in [0.25, 0.3) is 16.6 Å². The van der Waals surface area contributed by atoms with Crippen molar-refractivity contribution in [3.05, 3.63) is 88.7 Å². The predicted molar refractivity (Wildman–Crippen MR) is 166 cm³/mol. The van der Waals surface area contributed by atoms with Gasteiger partial charge in [0.05, 0.1) is 13.3 Å². The fourth-order valence-electron chi connectivity index (χ4n) is 6.50. The molecule has 1 spiro atoms. The second-order valence-corrected chi connectivity index (χ2v) is 12.3. The van der Waals surface area contributed by atoms with E-state index in [1.165, 1.54) is 44.8 Å². The van der Waals surface area contributed by atoms with Crippen molar-refractivity contribution in [1.82, 2.24) is 14.9 Å². The number of aromatic amines is 1. The van der Waals surface area contributed by atoms with Crippen molar-refractivity contribution in [3.63, 3.8) is 0 Å². The van der Waals surface area contributed by atoms with Gasteiger partial charge < -0.3 is 19.4 Å². The summed E-state index contributed by atoms with van der Waals surface area (Å²) in [5, 5.41) is 1.74. The number of anilines is 1. The number of halogens is 1. The molecule has 0 atom stereocenters. The Morgan fingerprint density at radius 1 is 1.02 bits per heavy atom. The number of hydrogen-bond donors (Lipinski definition) is 1. The molecule has 216 valence electrons. The SMILES string of the molecule is COC(=O)c1ccc(N2CCN(CC3=C(c4ccc(Cl)cc4)CC4(CC3)CC4)CC2)cc1Oc1cnc2[nH]ccc2c1. The first-order valence-electron chi connectivity index (χ1n) is 14.8. The average Bonchev–Trinajstić information content (AvgIpc) is 3.60. The maximum atomic E-state index is 12.6. The molecule has 8 heteroatoms. The van der Waals surface area contributed by atoms with Gasteiger partial charge in [-0.15, -0.1) is 0 Å². The van der Waals surface area contributed by atoms with Crippen LogP contribution in [0, 0.1) is 5.41 Å². The minimum absolute atomic E-state index is 0.390. The molecule has 2 aliphatic carbocycles. The number of esters is 1. The molecule has 1 aliphatic heterocycles. The summed E-state index contributed by atoms with van der Waals surface area (Å²) < 4.78 is 11.3. The number of pyridine rings is 1. The van der Waals surface area contributed by atoms with E-state index < -0.39 is 5.97 Å². The molecule has 2 aromatic heterocycles. The highest BCUT2D eigenvalue weighted by molar-refractivity contribution is 6.30. The minimum atomic E-state index is -0.428. The standard InChI is InChI=1S/C34H35ClN4O3/c1-41-33(40)29-7-6-27(19-31(29)42-28-18-24-9-13-36-32(24)37-21-28)39-16-14-38(15-17-39)22-25-8-10-34(11-12-34)20-30(25)23-2-4-26(35)5-3-23/h2-7,9,13,18-19,21H,8,10-12,14-17,20,22H2,1H3,(H,36,37). The van der Waals surface area contributed by atoms with Gasteiger partial charge >= 0.3 is 5.97 Å². The average molecular weight is 583 g/mol. The summed E-state index contributed by atoms with van der Waals surface area (Å²) in [6.07, 6.45) is 9.95. The number of carbonyl (C=O) groups excluding carboxylic acids is 1. The molecule has 2 fully saturated rings. The van der Waals surface area contributed by atoms with E-state index in [4.69, 9.17) is 21.1 Å². The molecule has 2 aromatic carbocycles. The molecule has 4 aromatic rings. The number of methoxy groups -OCH3 is 1. The second-order valence-electron chi connectivity index (χ2n) is 11.9.